The van der Waals surface area contributed by atoms with Crippen LogP contribution in [-0.4, -0.2) is 57.7 Å². The summed E-state index contributed by atoms with van der Waals surface area (Å²) in [5.74, 6) is -3.50. The highest BCUT2D eigenvalue weighted by Gasteiger charge is 2.45. The van der Waals surface area contributed by atoms with Gasteiger partial charge >= 0.3 is 5.63 Å². The summed E-state index contributed by atoms with van der Waals surface area (Å²) in [5, 5.41) is 38.5. The maximum Gasteiger partial charge on any atom is 0.336 e. The molecule has 0 aliphatic carbocycles. The van der Waals surface area contributed by atoms with Gasteiger partial charge in [-0.25, -0.2) is 9.18 Å². The quantitative estimate of drug-likeness (QED) is 0.532. The lowest BCUT2D eigenvalue weighted by Crippen LogP contribution is -2.60. The van der Waals surface area contributed by atoms with Crippen molar-refractivity contribution in [2.75, 3.05) is 6.61 Å². The van der Waals surface area contributed by atoms with Gasteiger partial charge in [0.15, 0.2) is 17.1 Å². The number of rotatable bonds is 3. The van der Waals surface area contributed by atoms with Gasteiger partial charge in [-0.3, -0.25) is 0 Å². The monoisotopic (exact) mass is 374 g/mol. The van der Waals surface area contributed by atoms with Gasteiger partial charge in [0.1, 0.15) is 24.4 Å². The Morgan fingerprint density at radius 3 is 2.50 bits per heavy atom. The van der Waals surface area contributed by atoms with E-state index in [9.17, 15) is 28.9 Å². The second-order valence-electron chi connectivity index (χ2n) is 5.94. The van der Waals surface area contributed by atoms with Gasteiger partial charge in [-0.1, -0.05) is 0 Å². The molecule has 5 atom stereocenters. The van der Waals surface area contributed by atoms with Crippen molar-refractivity contribution in [2.45, 2.75) is 37.6 Å². The van der Waals surface area contributed by atoms with Crippen molar-refractivity contribution >= 4 is 11.0 Å². The third-order valence-electron chi connectivity index (χ3n) is 4.18. The van der Waals surface area contributed by atoms with E-state index in [-0.39, 0.29) is 10.9 Å². The van der Waals surface area contributed by atoms with E-state index in [1.165, 1.54) is 6.92 Å². The lowest BCUT2D eigenvalue weighted by Gasteiger charge is -2.39. The summed E-state index contributed by atoms with van der Waals surface area (Å²) in [4.78, 5) is 11.4. The van der Waals surface area contributed by atoms with Crippen molar-refractivity contribution in [3.8, 4) is 5.75 Å². The number of benzene rings is 1. The molecule has 1 aromatic carbocycles. The molecule has 0 spiro atoms. The molecule has 2 aromatic rings. The molecule has 10 heteroatoms. The Bertz CT molecular complexity index is 881. The average Bonchev–Trinajstić information content (AvgIpc) is 2.59. The van der Waals surface area contributed by atoms with E-state index in [1.807, 2.05) is 0 Å². The predicted octanol–water partition coefficient (Wildman–Crippen LogP) is -0.442. The molecule has 8 nitrogen and oxygen atoms in total. The van der Waals surface area contributed by atoms with E-state index in [0.29, 0.717) is 0 Å². The fraction of sp³-hybridized carbons (Fsp3) is 0.438. The number of ether oxygens (including phenoxy) is 2. The van der Waals surface area contributed by atoms with Crippen LogP contribution in [0.1, 0.15) is 5.56 Å². The molecule has 0 amide bonds. The molecule has 1 aliphatic heterocycles. The van der Waals surface area contributed by atoms with Gasteiger partial charge in [-0.05, 0) is 18.6 Å². The molecule has 0 radical (unpaired) electrons. The van der Waals surface area contributed by atoms with Crippen LogP contribution < -0.4 is 10.4 Å². The second-order valence-corrected chi connectivity index (χ2v) is 5.94. The lowest BCUT2D eigenvalue weighted by atomic mass is 9.99. The van der Waals surface area contributed by atoms with Crippen LogP contribution in [0.5, 0.6) is 5.75 Å². The number of hydrogen-bond donors (Lipinski definition) is 4. The van der Waals surface area contributed by atoms with Crippen molar-refractivity contribution in [3.63, 3.8) is 0 Å². The van der Waals surface area contributed by atoms with Crippen molar-refractivity contribution < 1.29 is 43.1 Å². The summed E-state index contributed by atoms with van der Waals surface area (Å²) >= 11 is 0. The number of aliphatic hydroxyl groups is 4. The van der Waals surface area contributed by atoms with E-state index >= 15 is 0 Å². The summed E-state index contributed by atoms with van der Waals surface area (Å²) in [6, 6.07) is 1.95. The zero-order valence-electron chi connectivity index (χ0n) is 13.4. The normalized spacial score (nSPS) is 29.1. The molecule has 3 rings (SSSR count). The molecule has 1 saturated heterocycles. The number of aryl methyl sites for hydroxylation is 1. The zero-order chi connectivity index (χ0) is 19.2. The van der Waals surface area contributed by atoms with Gasteiger partial charge in [0.2, 0.25) is 12.1 Å². The Labute approximate surface area is 144 Å². The van der Waals surface area contributed by atoms with E-state index < -0.39 is 65.9 Å². The van der Waals surface area contributed by atoms with Gasteiger partial charge < -0.3 is 34.3 Å². The van der Waals surface area contributed by atoms with Crippen LogP contribution in [0.2, 0.25) is 0 Å². The standard InChI is InChI=1S/C16H16F2O8/c1-5-2-9(20)25-14-6(5)3-7(17)15(10(14)18)26-16-13(23)12(22)11(21)8(4-19)24-16/h2-3,8,11-13,16,19,21-23H,4H2,1H3/t8-,11+,12+,13-,16?/m1/s1. The molecule has 1 aromatic heterocycles. The first-order valence-electron chi connectivity index (χ1n) is 7.64. The largest absolute Gasteiger partial charge is 0.456 e. The molecule has 4 N–H and O–H groups in total. The van der Waals surface area contributed by atoms with Crippen LogP contribution in [0.15, 0.2) is 21.3 Å². The second kappa shape index (κ2) is 6.89. The number of halogens is 2. The first-order chi connectivity index (χ1) is 12.2. The Morgan fingerprint density at radius 2 is 1.85 bits per heavy atom. The third kappa shape index (κ3) is 3.06. The number of hydrogen-bond acceptors (Lipinski definition) is 8. The maximum absolute atomic E-state index is 14.6. The molecular formula is C16H16F2O8. The molecule has 1 fully saturated rings. The van der Waals surface area contributed by atoms with Crippen molar-refractivity contribution in [1.29, 1.82) is 0 Å². The van der Waals surface area contributed by atoms with Crippen molar-refractivity contribution in [1.82, 2.24) is 0 Å². The smallest absolute Gasteiger partial charge is 0.336 e. The van der Waals surface area contributed by atoms with Gasteiger partial charge in [-0.2, -0.15) is 4.39 Å². The maximum atomic E-state index is 14.6. The molecular weight excluding hydrogens is 358 g/mol. The summed E-state index contributed by atoms with van der Waals surface area (Å²) < 4.78 is 43.7. The topological polar surface area (TPSA) is 130 Å². The first kappa shape index (κ1) is 18.7. The summed E-state index contributed by atoms with van der Waals surface area (Å²) in [5.41, 5.74) is -1.11. The van der Waals surface area contributed by atoms with Crippen molar-refractivity contribution in [3.05, 3.63) is 39.8 Å². The molecule has 2 heterocycles. The Kier molecular flexibility index (Phi) is 4.95. The number of aliphatic hydroxyl groups excluding tert-OH is 4. The van der Waals surface area contributed by atoms with Crippen molar-refractivity contribution in [2.24, 2.45) is 0 Å². The van der Waals surface area contributed by atoms with Gasteiger partial charge in [0, 0.05) is 11.5 Å². The minimum atomic E-state index is -1.85. The van der Waals surface area contributed by atoms with E-state index in [4.69, 9.17) is 19.0 Å². The fourth-order valence-corrected chi connectivity index (χ4v) is 2.75. The molecule has 0 bridgehead atoms. The first-order valence-corrected chi connectivity index (χ1v) is 7.64. The number of fused-ring (bicyclic) bond motifs is 1. The summed E-state index contributed by atoms with van der Waals surface area (Å²) in [6.07, 6.45) is -8.39. The van der Waals surface area contributed by atoms with E-state index in [2.05, 4.69) is 0 Å². The fourth-order valence-electron chi connectivity index (χ4n) is 2.75. The molecule has 142 valence electrons. The highest BCUT2D eigenvalue weighted by Crippen LogP contribution is 2.33. The van der Waals surface area contributed by atoms with Gasteiger partial charge in [0.05, 0.1) is 6.61 Å². The summed E-state index contributed by atoms with van der Waals surface area (Å²) in [7, 11) is 0. The molecule has 1 aliphatic rings. The Hall–Kier alpha value is -2.11. The minimum Gasteiger partial charge on any atom is -0.456 e. The van der Waals surface area contributed by atoms with Crippen LogP contribution in [-0.2, 0) is 4.74 Å². The zero-order valence-corrected chi connectivity index (χ0v) is 13.4. The van der Waals surface area contributed by atoms with Crippen LogP contribution >= 0.6 is 0 Å². The van der Waals surface area contributed by atoms with Crippen LogP contribution in [0, 0.1) is 18.6 Å². The average molecular weight is 374 g/mol. The Morgan fingerprint density at radius 1 is 1.15 bits per heavy atom. The van der Waals surface area contributed by atoms with Gasteiger partial charge in [0.25, 0.3) is 0 Å². The van der Waals surface area contributed by atoms with E-state index in [0.717, 1.165) is 12.1 Å². The minimum absolute atomic E-state index is 0.0146. The van der Waals surface area contributed by atoms with E-state index in [1.54, 1.807) is 0 Å². The predicted molar refractivity (Wildman–Crippen MR) is 81.5 cm³/mol. The van der Waals surface area contributed by atoms with Crippen LogP contribution in [0.25, 0.3) is 11.0 Å². The molecule has 26 heavy (non-hydrogen) atoms. The highest BCUT2D eigenvalue weighted by atomic mass is 19.1. The molecule has 0 saturated carbocycles. The molecule has 1 unspecified atom stereocenters. The van der Waals surface area contributed by atoms with Gasteiger partial charge in [-0.15, -0.1) is 0 Å². The lowest BCUT2D eigenvalue weighted by molar-refractivity contribution is -0.278. The Balaban J connectivity index is 2.02. The highest BCUT2D eigenvalue weighted by molar-refractivity contribution is 5.82. The van der Waals surface area contributed by atoms with Crippen LogP contribution in [0.3, 0.4) is 0 Å². The third-order valence-corrected chi connectivity index (χ3v) is 4.18. The SMILES string of the molecule is Cc1cc(=O)oc2c(F)c(OC3O[C@H](CO)[C@H](O)[C@H](O)[C@H]3O)c(F)cc12. The summed E-state index contributed by atoms with van der Waals surface area (Å²) in [6.45, 7) is 0.734. The van der Waals surface area contributed by atoms with Crippen LogP contribution in [0.4, 0.5) is 8.78 Å².